The molecule has 6 heteroatoms. The summed E-state index contributed by atoms with van der Waals surface area (Å²) in [6.45, 7) is 5.01. The minimum atomic E-state index is -0.120. The lowest BCUT2D eigenvalue weighted by molar-refractivity contribution is 0.270. The first-order valence-electron chi connectivity index (χ1n) is 6.20. The predicted molar refractivity (Wildman–Crippen MR) is 74.1 cm³/mol. The summed E-state index contributed by atoms with van der Waals surface area (Å²) in [4.78, 5) is 18.3. The second-order valence-corrected chi connectivity index (χ2v) is 5.17. The first-order valence-corrected chi connectivity index (χ1v) is 7.19. The Morgan fingerprint density at radius 3 is 3.00 bits per heavy atom. The van der Waals surface area contributed by atoms with Gasteiger partial charge in [-0.25, -0.2) is 4.98 Å². The topological polar surface area (TPSA) is 78.0 Å². The molecule has 0 radical (unpaired) electrons. The van der Waals surface area contributed by atoms with Gasteiger partial charge in [0.05, 0.1) is 0 Å². The van der Waals surface area contributed by atoms with Crippen LogP contribution in [-0.4, -0.2) is 40.0 Å². The van der Waals surface area contributed by atoms with Gasteiger partial charge < -0.3 is 15.4 Å². The van der Waals surface area contributed by atoms with E-state index < -0.39 is 0 Å². The smallest absolute Gasteiger partial charge is 0.251 e. The van der Waals surface area contributed by atoms with E-state index in [4.69, 9.17) is 5.11 Å². The van der Waals surface area contributed by atoms with Crippen LogP contribution in [0, 0.1) is 6.92 Å². The molecule has 0 amide bonds. The summed E-state index contributed by atoms with van der Waals surface area (Å²) < 4.78 is 0. The number of hydrogen-bond donors (Lipinski definition) is 3. The molecule has 5 nitrogen and oxygen atoms in total. The van der Waals surface area contributed by atoms with Crippen molar-refractivity contribution in [1.82, 2.24) is 15.3 Å². The van der Waals surface area contributed by atoms with Crippen molar-refractivity contribution < 1.29 is 5.11 Å². The molecule has 0 aliphatic carbocycles. The number of thioether (sulfide) groups is 1. The highest BCUT2D eigenvalue weighted by molar-refractivity contribution is 7.99. The number of H-pyrrole nitrogens is 1. The summed E-state index contributed by atoms with van der Waals surface area (Å²) in [6.07, 6.45) is 1.77. The second kappa shape index (κ2) is 8.29. The molecule has 1 heterocycles. The third kappa shape index (κ3) is 5.66. The number of aliphatic hydroxyl groups is 1. The number of rotatable bonds is 8. The Morgan fingerprint density at radius 1 is 1.61 bits per heavy atom. The summed E-state index contributed by atoms with van der Waals surface area (Å²) in [5, 5.41) is 13.0. The molecule has 0 fully saturated rings. The summed E-state index contributed by atoms with van der Waals surface area (Å²) >= 11 is 1.51. The Labute approximate surface area is 111 Å². The largest absolute Gasteiger partial charge is 0.396 e. The van der Waals surface area contributed by atoms with Gasteiger partial charge in [-0.05, 0) is 26.3 Å². The van der Waals surface area contributed by atoms with Gasteiger partial charge in [-0.3, -0.25) is 4.79 Å². The average molecular weight is 271 g/mol. The third-order valence-corrected chi connectivity index (χ3v) is 3.47. The number of nitrogens with zero attached hydrogens (tertiary/aromatic N) is 1. The lowest BCUT2D eigenvalue weighted by atomic mass is 10.2. The molecule has 0 aromatic carbocycles. The van der Waals surface area contributed by atoms with Crippen molar-refractivity contribution in [1.29, 1.82) is 0 Å². The molecule has 0 spiro atoms. The van der Waals surface area contributed by atoms with E-state index in [1.54, 1.807) is 6.92 Å². The average Bonchev–Trinajstić information content (AvgIpc) is 2.31. The highest BCUT2D eigenvalue weighted by Gasteiger charge is 2.09. The van der Waals surface area contributed by atoms with Crippen molar-refractivity contribution in [2.24, 2.45) is 0 Å². The Hall–Kier alpha value is -0.850. The molecular weight excluding hydrogens is 250 g/mol. The van der Waals surface area contributed by atoms with E-state index in [0.29, 0.717) is 11.6 Å². The van der Waals surface area contributed by atoms with Crippen LogP contribution in [0.15, 0.2) is 16.0 Å². The number of aromatic nitrogens is 2. The number of nitrogens with one attached hydrogen (secondary N) is 2. The first kappa shape index (κ1) is 15.2. The molecule has 3 N–H and O–H groups in total. The number of aliphatic hydroxyl groups excluding tert-OH is 1. The molecule has 1 atom stereocenters. The lowest BCUT2D eigenvalue weighted by Crippen LogP contribution is -2.33. The molecule has 0 saturated carbocycles. The van der Waals surface area contributed by atoms with Crippen molar-refractivity contribution in [2.45, 2.75) is 37.9 Å². The standard InChI is InChI=1S/C12H21N3O2S/c1-3-5-13-10(4-6-16)8-18-12-14-9(2)7-11(17)15-12/h7,10,13,16H,3-6,8H2,1-2H3,(H,14,15,17). The summed E-state index contributed by atoms with van der Waals surface area (Å²) in [5.74, 6) is 0.785. The fourth-order valence-corrected chi connectivity index (χ4v) is 2.57. The van der Waals surface area contributed by atoms with Gasteiger partial charge in [0.1, 0.15) is 0 Å². The van der Waals surface area contributed by atoms with Gasteiger partial charge in [0.15, 0.2) is 5.16 Å². The van der Waals surface area contributed by atoms with Crippen LogP contribution < -0.4 is 10.9 Å². The highest BCUT2D eigenvalue weighted by atomic mass is 32.2. The zero-order valence-corrected chi connectivity index (χ0v) is 11.7. The zero-order valence-electron chi connectivity index (χ0n) is 10.9. The second-order valence-electron chi connectivity index (χ2n) is 4.17. The Kier molecular flexibility index (Phi) is 7.00. The van der Waals surface area contributed by atoms with E-state index in [-0.39, 0.29) is 18.2 Å². The summed E-state index contributed by atoms with van der Waals surface area (Å²) in [5.41, 5.74) is 0.603. The van der Waals surface area contributed by atoms with Gasteiger partial charge in [0.25, 0.3) is 5.56 Å². The number of aromatic amines is 1. The molecule has 1 rings (SSSR count). The molecule has 1 aromatic heterocycles. The van der Waals surface area contributed by atoms with Crippen LogP contribution in [0.5, 0.6) is 0 Å². The van der Waals surface area contributed by atoms with E-state index in [2.05, 4.69) is 22.2 Å². The maximum atomic E-state index is 11.3. The third-order valence-electron chi connectivity index (χ3n) is 2.43. The summed E-state index contributed by atoms with van der Waals surface area (Å²) in [6, 6.07) is 1.72. The number of hydrogen-bond acceptors (Lipinski definition) is 5. The minimum absolute atomic E-state index is 0.120. The number of aryl methyl sites for hydroxylation is 1. The van der Waals surface area contributed by atoms with E-state index in [9.17, 15) is 4.79 Å². The molecule has 102 valence electrons. The molecule has 0 saturated heterocycles. The fourth-order valence-electron chi connectivity index (χ4n) is 1.55. The fraction of sp³-hybridized carbons (Fsp3) is 0.667. The van der Waals surface area contributed by atoms with Crippen LogP contribution in [0.3, 0.4) is 0 Å². The van der Waals surface area contributed by atoms with E-state index in [1.807, 2.05) is 0 Å². The van der Waals surface area contributed by atoms with Crippen molar-refractivity contribution in [3.05, 3.63) is 22.1 Å². The van der Waals surface area contributed by atoms with Crippen molar-refractivity contribution in [2.75, 3.05) is 18.9 Å². The van der Waals surface area contributed by atoms with E-state index in [0.717, 1.165) is 24.4 Å². The molecule has 1 unspecified atom stereocenters. The van der Waals surface area contributed by atoms with Gasteiger partial charge in [-0.2, -0.15) is 0 Å². The normalized spacial score (nSPS) is 12.6. The van der Waals surface area contributed by atoms with Crippen LogP contribution in [0.1, 0.15) is 25.5 Å². The highest BCUT2D eigenvalue weighted by Crippen LogP contribution is 2.13. The Bertz CT molecular complexity index is 409. The zero-order chi connectivity index (χ0) is 13.4. The van der Waals surface area contributed by atoms with Crippen LogP contribution in [-0.2, 0) is 0 Å². The summed E-state index contributed by atoms with van der Waals surface area (Å²) in [7, 11) is 0. The molecule has 18 heavy (non-hydrogen) atoms. The Morgan fingerprint density at radius 2 is 2.39 bits per heavy atom. The SMILES string of the molecule is CCCNC(CCO)CSc1nc(C)cc(=O)[nH]1. The molecular formula is C12H21N3O2S. The Balaban J connectivity index is 2.52. The van der Waals surface area contributed by atoms with Crippen molar-refractivity contribution in [3.8, 4) is 0 Å². The van der Waals surface area contributed by atoms with Crippen LogP contribution >= 0.6 is 11.8 Å². The predicted octanol–water partition coefficient (Wildman–Crippen LogP) is 0.921. The lowest BCUT2D eigenvalue weighted by Gasteiger charge is -2.16. The quantitative estimate of drug-likeness (QED) is 0.484. The van der Waals surface area contributed by atoms with E-state index >= 15 is 0 Å². The van der Waals surface area contributed by atoms with Gasteiger partial charge in [-0.1, -0.05) is 18.7 Å². The van der Waals surface area contributed by atoms with Gasteiger partial charge in [-0.15, -0.1) is 0 Å². The van der Waals surface area contributed by atoms with Crippen molar-refractivity contribution >= 4 is 11.8 Å². The molecule has 0 aliphatic heterocycles. The van der Waals surface area contributed by atoms with Crippen LogP contribution in [0.25, 0.3) is 0 Å². The van der Waals surface area contributed by atoms with Crippen LogP contribution in [0.4, 0.5) is 0 Å². The molecule has 0 bridgehead atoms. The van der Waals surface area contributed by atoms with Gasteiger partial charge in [0.2, 0.25) is 0 Å². The van der Waals surface area contributed by atoms with Gasteiger partial charge in [0, 0.05) is 30.2 Å². The van der Waals surface area contributed by atoms with Gasteiger partial charge >= 0.3 is 0 Å². The minimum Gasteiger partial charge on any atom is -0.396 e. The molecule has 0 aliphatic rings. The maximum Gasteiger partial charge on any atom is 0.251 e. The monoisotopic (exact) mass is 271 g/mol. The van der Waals surface area contributed by atoms with Crippen LogP contribution in [0.2, 0.25) is 0 Å². The maximum absolute atomic E-state index is 11.3. The van der Waals surface area contributed by atoms with Crippen molar-refractivity contribution in [3.63, 3.8) is 0 Å². The van der Waals surface area contributed by atoms with E-state index in [1.165, 1.54) is 17.8 Å². The molecule has 1 aromatic rings. The first-order chi connectivity index (χ1) is 8.65.